The quantitative estimate of drug-likeness (QED) is 0.432. The summed E-state index contributed by atoms with van der Waals surface area (Å²) in [5.41, 5.74) is 5.94. The van der Waals surface area contributed by atoms with Gasteiger partial charge in [-0.1, -0.05) is 6.07 Å². The molecule has 0 aliphatic heterocycles. The van der Waals surface area contributed by atoms with Crippen LogP contribution in [0, 0.1) is 6.92 Å². The molecule has 0 unspecified atom stereocenters. The van der Waals surface area contributed by atoms with Crippen LogP contribution in [0.2, 0.25) is 0 Å². The molecule has 3 heterocycles. The molecule has 0 saturated heterocycles. The predicted molar refractivity (Wildman–Crippen MR) is 108 cm³/mol. The molecule has 3 aromatic heterocycles. The van der Waals surface area contributed by atoms with Gasteiger partial charge in [-0.05, 0) is 48.9 Å². The second-order valence-electron chi connectivity index (χ2n) is 6.40. The molecular weight excluding hydrogens is 358 g/mol. The maximum absolute atomic E-state index is 12.4. The van der Waals surface area contributed by atoms with Gasteiger partial charge in [-0.15, -0.1) is 11.3 Å². The summed E-state index contributed by atoms with van der Waals surface area (Å²) in [5, 5.41) is 3.86. The average Bonchev–Trinajstić information content (AvgIpc) is 3.36. The van der Waals surface area contributed by atoms with Crippen LogP contribution in [0.4, 0.5) is 5.69 Å². The van der Waals surface area contributed by atoms with Gasteiger partial charge in [0.25, 0.3) is 5.91 Å². The van der Waals surface area contributed by atoms with Crippen LogP contribution in [0.1, 0.15) is 16.1 Å². The fourth-order valence-electron chi connectivity index (χ4n) is 3.02. The highest BCUT2D eigenvalue weighted by molar-refractivity contribution is 7.21. The van der Waals surface area contributed by atoms with Gasteiger partial charge < -0.3 is 14.7 Å². The third kappa shape index (κ3) is 2.90. The summed E-state index contributed by atoms with van der Waals surface area (Å²) in [7, 11) is 0. The Balaban J connectivity index is 1.37. The SMILES string of the molecule is Cc1ccc2nc(-c3ccc(NC(=O)c4cc5occc5[nH]4)cc3)sc2c1. The molecule has 0 aliphatic rings. The third-order valence-electron chi connectivity index (χ3n) is 4.42. The van der Waals surface area contributed by atoms with Crippen molar-refractivity contribution in [1.82, 2.24) is 9.97 Å². The van der Waals surface area contributed by atoms with Crippen molar-refractivity contribution in [1.29, 1.82) is 0 Å². The van der Waals surface area contributed by atoms with Gasteiger partial charge in [0.15, 0.2) is 5.58 Å². The van der Waals surface area contributed by atoms with E-state index in [-0.39, 0.29) is 5.91 Å². The van der Waals surface area contributed by atoms with Gasteiger partial charge in [0.05, 0.1) is 22.0 Å². The largest absolute Gasteiger partial charge is 0.463 e. The summed E-state index contributed by atoms with van der Waals surface area (Å²) in [6.45, 7) is 2.08. The molecule has 0 fully saturated rings. The Morgan fingerprint density at radius 2 is 1.96 bits per heavy atom. The van der Waals surface area contributed by atoms with Crippen molar-refractivity contribution < 1.29 is 9.21 Å². The number of aromatic nitrogens is 2. The number of carbonyl (C=O) groups is 1. The molecule has 5 rings (SSSR count). The molecule has 27 heavy (non-hydrogen) atoms. The van der Waals surface area contributed by atoms with Crippen LogP contribution in [0.25, 0.3) is 31.9 Å². The molecule has 6 heteroatoms. The molecule has 0 radical (unpaired) electrons. The lowest BCUT2D eigenvalue weighted by molar-refractivity contribution is 0.102. The number of nitrogens with zero attached hydrogens (tertiary/aromatic N) is 1. The Morgan fingerprint density at radius 3 is 2.78 bits per heavy atom. The Labute approximate surface area is 158 Å². The van der Waals surface area contributed by atoms with Gasteiger partial charge in [-0.25, -0.2) is 4.98 Å². The fourth-order valence-corrected chi connectivity index (χ4v) is 4.09. The third-order valence-corrected chi connectivity index (χ3v) is 5.49. The van der Waals surface area contributed by atoms with Gasteiger partial charge >= 0.3 is 0 Å². The van der Waals surface area contributed by atoms with Gasteiger partial charge in [0.2, 0.25) is 0 Å². The Hall–Kier alpha value is -3.38. The highest BCUT2D eigenvalue weighted by atomic mass is 32.1. The Kier molecular flexibility index (Phi) is 3.58. The van der Waals surface area contributed by atoms with E-state index >= 15 is 0 Å². The lowest BCUT2D eigenvalue weighted by Gasteiger charge is -2.04. The van der Waals surface area contributed by atoms with E-state index in [2.05, 4.69) is 29.4 Å². The van der Waals surface area contributed by atoms with Crippen molar-refractivity contribution in [3.8, 4) is 10.6 Å². The van der Waals surface area contributed by atoms with Crippen LogP contribution < -0.4 is 5.32 Å². The van der Waals surface area contributed by atoms with Gasteiger partial charge in [-0.3, -0.25) is 4.79 Å². The number of amides is 1. The van der Waals surface area contributed by atoms with Crippen LogP contribution in [0.3, 0.4) is 0 Å². The van der Waals surface area contributed by atoms with Gasteiger partial charge in [0.1, 0.15) is 10.7 Å². The average molecular weight is 373 g/mol. The van der Waals surface area contributed by atoms with E-state index in [1.165, 1.54) is 10.3 Å². The number of anilines is 1. The zero-order valence-corrected chi connectivity index (χ0v) is 15.3. The Morgan fingerprint density at radius 1 is 1.11 bits per heavy atom. The molecule has 0 aliphatic carbocycles. The topological polar surface area (TPSA) is 70.9 Å². The predicted octanol–water partition coefficient (Wildman–Crippen LogP) is 5.60. The monoisotopic (exact) mass is 373 g/mol. The van der Waals surface area contributed by atoms with E-state index in [1.54, 1.807) is 29.7 Å². The molecule has 2 N–H and O–H groups in total. The zero-order chi connectivity index (χ0) is 18.4. The summed E-state index contributed by atoms with van der Waals surface area (Å²) in [6.07, 6.45) is 1.59. The van der Waals surface area contributed by atoms with Crippen LogP contribution in [0.15, 0.2) is 65.3 Å². The lowest BCUT2D eigenvalue weighted by atomic mass is 10.2. The Bertz CT molecular complexity index is 1250. The van der Waals surface area contributed by atoms with Crippen molar-refractivity contribution in [3.63, 3.8) is 0 Å². The summed E-state index contributed by atoms with van der Waals surface area (Å²) in [6, 6.07) is 17.5. The standard InChI is InChI=1S/C21H15N3O2S/c1-12-2-7-16-19(10-12)27-21(24-16)13-3-5-14(6-4-13)22-20(25)17-11-18-15(23-17)8-9-26-18/h2-11,23H,1H3,(H,22,25). The van der Waals surface area contributed by atoms with E-state index in [0.29, 0.717) is 11.3 Å². The minimum absolute atomic E-state index is 0.204. The molecule has 0 bridgehead atoms. The first-order valence-corrected chi connectivity index (χ1v) is 9.32. The lowest BCUT2D eigenvalue weighted by Crippen LogP contribution is -2.12. The summed E-state index contributed by atoms with van der Waals surface area (Å²) < 4.78 is 6.46. The number of furan rings is 1. The smallest absolute Gasteiger partial charge is 0.272 e. The highest BCUT2D eigenvalue weighted by Gasteiger charge is 2.12. The molecule has 0 atom stereocenters. The first kappa shape index (κ1) is 15.8. The first-order chi connectivity index (χ1) is 13.2. The molecular formula is C21H15N3O2S. The number of fused-ring (bicyclic) bond motifs is 2. The summed E-state index contributed by atoms with van der Waals surface area (Å²) in [5.74, 6) is -0.204. The van der Waals surface area contributed by atoms with Crippen molar-refractivity contribution in [2.45, 2.75) is 6.92 Å². The number of aromatic amines is 1. The van der Waals surface area contributed by atoms with E-state index in [1.807, 2.05) is 30.3 Å². The number of hydrogen-bond acceptors (Lipinski definition) is 4. The maximum Gasteiger partial charge on any atom is 0.272 e. The molecule has 5 nitrogen and oxygen atoms in total. The normalized spacial score (nSPS) is 11.3. The number of aryl methyl sites for hydroxylation is 1. The number of nitrogens with one attached hydrogen (secondary N) is 2. The number of rotatable bonds is 3. The number of hydrogen-bond donors (Lipinski definition) is 2. The van der Waals surface area contributed by atoms with E-state index in [0.717, 1.165) is 27.3 Å². The molecule has 0 spiro atoms. The number of benzene rings is 2. The maximum atomic E-state index is 12.4. The van der Waals surface area contributed by atoms with Crippen LogP contribution in [-0.4, -0.2) is 15.9 Å². The summed E-state index contributed by atoms with van der Waals surface area (Å²) >= 11 is 1.67. The molecule has 132 valence electrons. The van der Waals surface area contributed by atoms with Crippen molar-refractivity contribution >= 4 is 44.2 Å². The molecule has 2 aromatic carbocycles. The minimum Gasteiger partial charge on any atom is -0.463 e. The van der Waals surface area contributed by atoms with Crippen LogP contribution >= 0.6 is 11.3 Å². The number of H-pyrrole nitrogens is 1. The van der Waals surface area contributed by atoms with Crippen molar-refractivity contribution in [2.75, 3.05) is 5.32 Å². The molecule has 5 aromatic rings. The summed E-state index contributed by atoms with van der Waals surface area (Å²) in [4.78, 5) is 20.1. The fraction of sp³-hybridized carbons (Fsp3) is 0.0476. The van der Waals surface area contributed by atoms with Crippen LogP contribution in [-0.2, 0) is 0 Å². The van der Waals surface area contributed by atoms with Gasteiger partial charge in [-0.2, -0.15) is 0 Å². The van der Waals surface area contributed by atoms with Crippen molar-refractivity contribution in [3.05, 3.63) is 72.1 Å². The number of carbonyl (C=O) groups excluding carboxylic acids is 1. The van der Waals surface area contributed by atoms with E-state index in [9.17, 15) is 4.79 Å². The second kappa shape index (κ2) is 6.10. The second-order valence-corrected chi connectivity index (χ2v) is 7.43. The van der Waals surface area contributed by atoms with E-state index in [4.69, 9.17) is 9.40 Å². The highest BCUT2D eigenvalue weighted by Crippen LogP contribution is 2.31. The molecule has 0 saturated carbocycles. The minimum atomic E-state index is -0.204. The van der Waals surface area contributed by atoms with Crippen LogP contribution in [0.5, 0.6) is 0 Å². The molecule has 1 amide bonds. The first-order valence-electron chi connectivity index (χ1n) is 8.51. The van der Waals surface area contributed by atoms with Crippen molar-refractivity contribution in [2.24, 2.45) is 0 Å². The van der Waals surface area contributed by atoms with E-state index < -0.39 is 0 Å². The number of thiazole rings is 1. The zero-order valence-electron chi connectivity index (χ0n) is 14.4. The van der Waals surface area contributed by atoms with Gasteiger partial charge in [0, 0.05) is 23.4 Å².